The third-order valence-corrected chi connectivity index (χ3v) is 4.43. The molecule has 1 atom stereocenters. The molecule has 0 radical (unpaired) electrons. The molecule has 1 aromatic carbocycles. The summed E-state index contributed by atoms with van der Waals surface area (Å²) in [4.78, 5) is 26.1. The second-order valence-electron chi connectivity index (χ2n) is 7.28. The van der Waals surface area contributed by atoms with Crippen LogP contribution in [-0.4, -0.2) is 50.4 Å². The van der Waals surface area contributed by atoms with E-state index in [0.29, 0.717) is 12.4 Å². The number of rotatable bonds is 8. The van der Waals surface area contributed by atoms with Crippen molar-refractivity contribution in [3.05, 3.63) is 42.2 Å². The summed E-state index contributed by atoms with van der Waals surface area (Å²) in [5.41, 5.74) is 0.953. The summed E-state index contributed by atoms with van der Waals surface area (Å²) in [5, 5.41) is 13.8. The van der Waals surface area contributed by atoms with Crippen LogP contribution in [0.25, 0.3) is 5.69 Å². The van der Waals surface area contributed by atoms with Crippen molar-refractivity contribution in [1.82, 2.24) is 14.7 Å². The molecule has 1 saturated carbocycles. The maximum Gasteiger partial charge on any atom is 0.326 e. The van der Waals surface area contributed by atoms with E-state index in [2.05, 4.69) is 5.10 Å². The van der Waals surface area contributed by atoms with Crippen LogP contribution in [0.2, 0.25) is 0 Å². The highest BCUT2D eigenvalue weighted by molar-refractivity contribution is 5.97. The number of amides is 1. The molecule has 1 aromatic heterocycles. The zero-order valence-electron chi connectivity index (χ0n) is 15.8. The van der Waals surface area contributed by atoms with Gasteiger partial charge in [-0.1, -0.05) is 32.0 Å². The Morgan fingerprint density at radius 1 is 1.26 bits per heavy atom. The Labute approximate surface area is 158 Å². The van der Waals surface area contributed by atoms with E-state index in [-0.39, 0.29) is 17.7 Å². The summed E-state index contributed by atoms with van der Waals surface area (Å²) in [6.07, 6.45) is 3.30. The lowest BCUT2D eigenvalue weighted by Crippen LogP contribution is -2.45. The second kappa shape index (κ2) is 7.82. The molecule has 0 bridgehead atoms. The van der Waals surface area contributed by atoms with Crippen LogP contribution >= 0.6 is 0 Å². The summed E-state index contributed by atoms with van der Waals surface area (Å²) < 4.78 is 7.43. The van der Waals surface area contributed by atoms with Crippen molar-refractivity contribution in [1.29, 1.82) is 0 Å². The molecule has 0 saturated heterocycles. The maximum absolute atomic E-state index is 13.2. The van der Waals surface area contributed by atoms with Gasteiger partial charge in [-0.2, -0.15) is 5.10 Å². The van der Waals surface area contributed by atoms with Crippen molar-refractivity contribution in [2.24, 2.45) is 5.92 Å². The van der Waals surface area contributed by atoms with Gasteiger partial charge in [-0.25, -0.2) is 9.48 Å². The molecule has 2 aromatic rings. The number of ether oxygens (including phenoxy) is 1. The lowest BCUT2D eigenvalue weighted by atomic mass is 10.2. The molecule has 7 heteroatoms. The fraction of sp³-hybridized carbons (Fsp3) is 0.450. The third kappa shape index (κ3) is 4.30. The summed E-state index contributed by atoms with van der Waals surface area (Å²) in [6, 6.07) is 8.47. The topological polar surface area (TPSA) is 84.7 Å². The van der Waals surface area contributed by atoms with Crippen LogP contribution in [0.3, 0.4) is 0 Å². The highest BCUT2D eigenvalue weighted by Crippen LogP contribution is 2.32. The number of aliphatic carboxylic acids is 1. The SMILES string of the molecule is CC(C)COc1cn(-c2ccccc2)nc1C(=O)N(C1CC1)C(C)C(=O)O. The first-order chi connectivity index (χ1) is 12.9. The van der Waals surface area contributed by atoms with Crippen molar-refractivity contribution >= 4 is 11.9 Å². The summed E-state index contributed by atoms with van der Waals surface area (Å²) in [5.74, 6) is -0.769. The molecule has 3 rings (SSSR count). The largest absolute Gasteiger partial charge is 0.489 e. The number of hydrogen-bond acceptors (Lipinski definition) is 4. The predicted octanol–water partition coefficient (Wildman–Crippen LogP) is 2.98. The standard InChI is InChI=1S/C20H25N3O4/c1-13(2)12-27-17-11-22(15-7-5-4-6-8-15)21-18(17)19(24)23(16-9-10-16)14(3)20(25)26/h4-8,11,13-14,16H,9-10,12H2,1-3H3,(H,25,26). The van der Waals surface area contributed by atoms with Gasteiger partial charge in [-0.15, -0.1) is 0 Å². The van der Waals surface area contributed by atoms with Gasteiger partial charge in [0.2, 0.25) is 0 Å². The van der Waals surface area contributed by atoms with Gasteiger partial charge in [-0.05, 0) is 37.8 Å². The molecule has 1 aliphatic rings. The highest BCUT2D eigenvalue weighted by atomic mass is 16.5. The minimum atomic E-state index is -1.03. The van der Waals surface area contributed by atoms with E-state index in [0.717, 1.165) is 18.5 Å². The Hall–Kier alpha value is -2.83. The number of carbonyl (C=O) groups excluding carboxylic acids is 1. The zero-order valence-corrected chi connectivity index (χ0v) is 15.8. The van der Waals surface area contributed by atoms with Crippen LogP contribution in [0.5, 0.6) is 5.75 Å². The molecule has 1 N–H and O–H groups in total. The monoisotopic (exact) mass is 371 g/mol. The fourth-order valence-electron chi connectivity index (χ4n) is 2.83. The molecule has 1 fully saturated rings. The number of benzene rings is 1. The molecule has 27 heavy (non-hydrogen) atoms. The molecule has 1 amide bonds. The summed E-state index contributed by atoms with van der Waals surface area (Å²) in [6.45, 7) is 6.01. The Morgan fingerprint density at radius 3 is 2.48 bits per heavy atom. The van der Waals surface area contributed by atoms with E-state index < -0.39 is 17.9 Å². The number of carboxylic acids is 1. The summed E-state index contributed by atoms with van der Waals surface area (Å²) in [7, 11) is 0. The number of aromatic nitrogens is 2. The molecule has 0 aliphatic heterocycles. The number of para-hydroxylation sites is 1. The Bertz CT molecular complexity index is 812. The molecule has 1 heterocycles. The van der Waals surface area contributed by atoms with Crippen molar-refractivity contribution in [3.63, 3.8) is 0 Å². The van der Waals surface area contributed by atoms with Crippen LogP contribution in [-0.2, 0) is 4.79 Å². The van der Waals surface area contributed by atoms with Gasteiger partial charge in [0.25, 0.3) is 5.91 Å². The summed E-state index contributed by atoms with van der Waals surface area (Å²) >= 11 is 0. The van der Waals surface area contributed by atoms with Gasteiger partial charge in [0, 0.05) is 6.04 Å². The van der Waals surface area contributed by atoms with Crippen LogP contribution in [0.4, 0.5) is 0 Å². The molecule has 1 aliphatic carbocycles. The van der Waals surface area contributed by atoms with Crippen molar-refractivity contribution in [2.75, 3.05) is 6.61 Å². The minimum absolute atomic E-state index is 0.0524. The first-order valence-corrected chi connectivity index (χ1v) is 9.21. The third-order valence-electron chi connectivity index (χ3n) is 4.43. The quantitative estimate of drug-likeness (QED) is 0.771. The fourth-order valence-corrected chi connectivity index (χ4v) is 2.83. The first kappa shape index (κ1) is 18.9. The predicted molar refractivity (Wildman–Crippen MR) is 100 cm³/mol. The van der Waals surface area contributed by atoms with E-state index in [1.165, 1.54) is 11.8 Å². The second-order valence-corrected chi connectivity index (χ2v) is 7.28. The van der Waals surface area contributed by atoms with Gasteiger partial charge in [0.05, 0.1) is 18.5 Å². The number of carbonyl (C=O) groups is 2. The number of hydrogen-bond donors (Lipinski definition) is 1. The minimum Gasteiger partial charge on any atom is -0.489 e. The van der Waals surface area contributed by atoms with Gasteiger partial charge in [0.15, 0.2) is 11.4 Å². The van der Waals surface area contributed by atoms with Crippen LogP contribution in [0.1, 0.15) is 44.1 Å². The first-order valence-electron chi connectivity index (χ1n) is 9.21. The van der Waals surface area contributed by atoms with Crippen molar-refractivity contribution < 1.29 is 19.4 Å². The van der Waals surface area contributed by atoms with Crippen LogP contribution in [0.15, 0.2) is 36.5 Å². The van der Waals surface area contributed by atoms with Crippen LogP contribution < -0.4 is 4.74 Å². The molecule has 144 valence electrons. The number of nitrogens with zero attached hydrogens (tertiary/aromatic N) is 3. The van der Waals surface area contributed by atoms with E-state index in [4.69, 9.17) is 4.74 Å². The normalized spacial score (nSPS) is 14.8. The van der Waals surface area contributed by atoms with E-state index in [9.17, 15) is 14.7 Å². The lowest BCUT2D eigenvalue weighted by molar-refractivity contribution is -0.141. The average molecular weight is 371 g/mol. The molecular weight excluding hydrogens is 346 g/mol. The van der Waals surface area contributed by atoms with Gasteiger partial charge >= 0.3 is 5.97 Å². The average Bonchev–Trinajstić information content (AvgIpc) is 3.38. The molecule has 7 nitrogen and oxygen atoms in total. The Balaban J connectivity index is 1.97. The van der Waals surface area contributed by atoms with Gasteiger partial charge in [-0.3, -0.25) is 4.79 Å². The maximum atomic E-state index is 13.2. The molecule has 0 spiro atoms. The number of carboxylic acid groups (broad SMARTS) is 1. The molecule has 1 unspecified atom stereocenters. The smallest absolute Gasteiger partial charge is 0.326 e. The van der Waals surface area contributed by atoms with E-state index in [1.54, 1.807) is 10.9 Å². The van der Waals surface area contributed by atoms with Crippen molar-refractivity contribution in [2.45, 2.75) is 45.7 Å². The molecular formula is C20H25N3O4. The van der Waals surface area contributed by atoms with E-state index in [1.807, 2.05) is 44.2 Å². The van der Waals surface area contributed by atoms with Gasteiger partial charge in [0.1, 0.15) is 6.04 Å². The van der Waals surface area contributed by atoms with E-state index >= 15 is 0 Å². The lowest BCUT2D eigenvalue weighted by Gasteiger charge is -2.26. The van der Waals surface area contributed by atoms with Crippen molar-refractivity contribution in [3.8, 4) is 11.4 Å². The van der Waals surface area contributed by atoms with Crippen LogP contribution in [0, 0.1) is 5.92 Å². The highest BCUT2D eigenvalue weighted by Gasteiger charge is 2.40. The Kier molecular flexibility index (Phi) is 5.48. The zero-order chi connectivity index (χ0) is 19.6. The van der Waals surface area contributed by atoms with Gasteiger partial charge < -0.3 is 14.7 Å². The Morgan fingerprint density at radius 2 is 1.93 bits per heavy atom.